The number of halogens is 1. The first-order valence-corrected chi connectivity index (χ1v) is 12.8. The molecule has 0 saturated carbocycles. The highest BCUT2D eigenvalue weighted by Crippen LogP contribution is 2.38. The predicted molar refractivity (Wildman–Crippen MR) is 150 cm³/mol. The van der Waals surface area contributed by atoms with Crippen molar-refractivity contribution in [2.45, 2.75) is 19.9 Å². The third-order valence-electron chi connectivity index (χ3n) is 6.50. The second kappa shape index (κ2) is 11.0. The first-order chi connectivity index (χ1) is 18.9. The van der Waals surface area contributed by atoms with Crippen LogP contribution >= 0.6 is 11.6 Å². The summed E-state index contributed by atoms with van der Waals surface area (Å²) >= 11 is 6.07. The lowest BCUT2D eigenvalue weighted by Crippen LogP contribution is -2.48. The molecule has 2 heterocycles. The number of carbonyl (C=O) groups is 2. The minimum Gasteiger partial charge on any atom is -0.497 e. The number of esters is 1. The third-order valence-corrected chi connectivity index (χ3v) is 6.75. The Morgan fingerprint density at radius 3 is 2.33 bits per heavy atom. The molecule has 5 rings (SSSR count). The highest BCUT2D eigenvalue weighted by Gasteiger charge is 2.39. The Labute approximate surface area is 231 Å². The fraction of sp³-hybridized carbons (Fsp3) is 0.167. The molecule has 1 N–H and O–H groups in total. The lowest BCUT2D eigenvalue weighted by atomic mass is 9.93. The van der Waals surface area contributed by atoms with E-state index >= 15 is 0 Å². The molecule has 198 valence electrons. The van der Waals surface area contributed by atoms with Gasteiger partial charge in [0.1, 0.15) is 5.75 Å². The molecule has 1 aromatic heterocycles. The largest absolute Gasteiger partial charge is 0.497 e. The van der Waals surface area contributed by atoms with Gasteiger partial charge in [-0.25, -0.2) is 14.3 Å². The molecule has 1 aliphatic heterocycles. The number of rotatable bonds is 7. The molecule has 2 amide bonds. The maximum Gasteiger partial charge on any atom is 0.338 e. The quantitative estimate of drug-likeness (QED) is 0.277. The molecule has 1 aliphatic rings. The minimum absolute atomic E-state index is 0.186. The number of benzene rings is 3. The van der Waals surface area contributed by atoms with E-state index in [0.29, 0.717) is 39.0 Å². The fourth-order valence-electron chi connectivity index (χ4n) is 4.64. The van der Waals surface area contributed by atoms with Crippen LogP contribution < -0.4 is 15.0 Å². The number of hydrogen-bond donors (Lipinski definition) is 1. The number of aromatic nitrogens is 2. The van der Waals surface area contributed by atoms with Crippen LogP contribution in [-0.2, 0) is 9.53 Å². The lowest BCUT2D eigenvalue weighted by Gasteiger charge is -2.35. The third kappa shape index (κ3) is 5.11. The molecular formula is C30H27ClN4O4. The van der Waals surface area contributed by atoms with Gasteiger partial charge in [-0.15, -0.1) is 0 Å². The van der Waals surface area contributed by atoms with Crippen LogP contribution in [-0.4, -0.2) is 35.5 Å². The average Bonchev–Trinajstić information content (AvgIpc) is 3.40. The lowest BCUT2D eigenvalue weighted by molar-refractivity contribution is -0.139. The SMILES string of the molecule is CCOC(=O)C1=C(C)N(c2ccc(Cl)cc2)C(=O)N[C@@H]1c1cn(-c2ccccc2)nc1-c1ccc(OC)cc1. The van der Waals surface area contributed by atoms with Crippen LogP contribution in [0.15, 0.2) is 96.3 Å². The van der Waals surface area contributed by atoms with Crippen molar-refractivity contribution in [1.82, 2.24) is 15.1 Å². The van der Waals surface area contributed by atoms with Crippen LogP contribution in [0.5, 0.6) is 5.75 Å². The molecule has 0 unspecified atom stereocenters. The second-order valence-corrected chi connectivity index (χ2v) is 9.29. The summed E-state index contributed by atoms with van der Waals surface area (Å²) < 4.78 is 12.5. The number of carbonyl (C=O) groups excluding carboxylic acids is 2. The van der Waals surface area contributed by atoms with Gasteiger partial charge < -0.3 is 14.8 Å². The zero-order valence-electron chi connectivity index (χ0n) is 21.7. The number of para-hydroxylation sites is 1. The van der Waals surface area contributed by atoms with Gasteiger partial charge in [0.15, 0.2) is 0 Å². The first kappa shape index (κ1) is 26.1. The number of nitrogens with one attached hydrogen (secondary N) is 1. The van der Waals surface area contributed by atoms with Crippen molar-refractivity contribution in [3.05, 3.63) is 107 Å². The summed E-state index contributed by atoms with van der Waals surface area (Å²) in [4.78, 5) is 28.4. The van der Waals surface area contributed by atoms with Crippen LogP contribution in [0.25, 0.3) is 16.9 Å². The number of urea groups is 1. The van der Waals surface area contributed by atoms with E-state index in [-0.39, 0.29) is 12.6 Å². The van der Waals surface area contributed by atoms with E-state index < -0.39 is 12.0 Å². The van der Waals surface area contributed by atoms with E-state index in [4.69, 9.17) is 26.2 Å². The summed E-state index contributed by atoms with van der Waals surface area (Å²) in [5, 5.41) is 8.45. The molecule has 1 atom stereocenters. The standard InChI is InChI=1S/C30H27ClN4O4/c1-4-39-29(36)26-19(2)35(23-14-12-21(31)13-15-23)30(37)32-28(26)25-18-34(22-8-6-5-7-9-22)33-27(25)20-10-16-24(38-3)17-11-20/h5-18,28H,4H2,1-3H3,(H,32,37)/t28-/m1/s1. The Kier molecular flexibility index (Phi) is 7.38. The maximum absolute atomic E-state index is 13.6. The zero-order valence-corrected chi connectivity index (χ0v) is 22.5. The minimum atomic E-state index is -0.810. The van der Waals surface area contributed by atoms with Crippen LogP contribution in [0.2, 0.25) is 5.02 Å². The topological polar surface area (TPSA) is 85.7 Å². The Morgan fingerprint density at radius 2 is 1.69 bits per heavy atom. The number of anilines is 1. The number of nitrogens with zero attached hydrogens (tertiary/aromatic N) is 3. The van der Waals surface area contributed by atoms with Crippen molar-refractivity contribution in [2.75, 3.05) is 18.6 Å². The first-order valence-electron chi connectivity index (χ1n) is 12.4. The molecule has 8 nitrogen and oxygen atoms in total. The van der Waals surface area contributed by atoms with Crippen LogP contribution in [0.4, 0.5) is 10.5 Å². The Hall–Kier alpha value is -4.56. The number of amides is 2. The Morgan fingerprint density at radius 1 is 1.00 bits per heavy atom. The summed E-state index contributed by atoms with van der Waals surface area (Å²) in [5.74, 6) is 0.183. The molecule has 0 fully saturated rings. The highest BCUT2D eigenvalue weighted by atomic mass is 35.5. The molecule has 0 saturated heterocycles. The van der Waals surface area contributed by atoms with E-state index in [1.54, 1.807) is 49.9 Å². The van der Waals surface area contributed by atoms with Crippen molar-refractivity contribution in [3.63, 3.8) is 0 Å². The van der Waals surface area contributed by atoms with Gasteiger partial charge in [-0.2, -0.15) is 5.10 Å². The molecule has 0 bridgehead atoms. The van der Waals surface area contributed by atoms with Crippen molar-refractivity contribution in [3.8, 4) is 22.7 Å². The molecule has 0 spiro atoms. The number of allylic oxidation sites excluding steroid dienone is 1. The van der Waals surface area contributed by atoms with Gasteiger partial charge in [-0.1, -0.05) is 29.8 Å². The molecule has 4 aromatic rings. The van der Waals surface area contributed by atoms with Gasteiger partial charge in [-0.3, -0.25) is 4.90 Å². The van der Waals surface area contributed by atoms with Gasteiger partial charge in [0.05, 0.1) is 42.4 Å². The molecule has 0 radical (unpaired) electrons. The summed E-state index contributed by atoms with van der Waals surface area (Å²) in [6, 6.07) is 22.8. The highest BCUT2D eigenvalue weighted by molar-refractivity contribution is 6.30. The zero-order chi connectivity index (χ0) is 27.5. The average molecular weight is 543 g/mol. The normalized spacial score (nSPS) is 15.2. The van der Waals surface area contributed by atoms with Crippen molar-refractivity contribution >= 4 is 29.3 Å². The van der Waals surface area contributed by atoms with Crippen LogP contribution in [0.3, 0.4) is 0 Å². The van der Waals surface area contributed by atoms with E-state index in [9.17, 15) is 9.59 Å². The molecule has 39 heavy (non-hydrogen) atoms. The van der Waals surface area contributed by atoms with E-state index in [1.165, 1.54) is 4.90 Å². The smallest absolute Gasteiger partial charge is 0.338 e. The summed E-state index contributed by atoms with van der Waals surface area (Å²) in [7, 11) is 1.60. The van der Waals surface area contributed by atoms with E-state index in [2.05, 4.69) is 5.32 Å². The molecule has 3 aromatic carbocycles. The summed E-state index contributed by atoms with van der Waals surface area (Å²) in [6.45, 7) is 3.67. The van der Waals surface area contributed by atoms with Crippen molar-refractivity contribution in [1.29, 1.82) is 0 Å². The summed E-state index contributed by atoms with van der Waals surface area (Å²) in [5.41, 5.74) is 4.24. The van der Waals surface area contributed by atoms with E-state index in [1.807, 2.05) is 60.8 Å². The fourth-order valence-corrected chi connectivity index (χ4v) is 4.76. The van der Waals surface area contributed by atoms with Crippen molar-refractivity contribution in [2.24, 2.45) is 0 Å². The monoisotopic (exact) mass is 542 g/mol. The van der Waals surface area contributed by atoms with E-state index in [0.717, 1.165) is 11.3 Å². The Balaban J connectivity index is 1.69. The number of ether oxygens (including phenoxy) is 2. The van der Waals surface area contributed by atoms with Crippen LogP contribution in [0, 0.1) is 0 Å². The van der Waals surface area contributed by atoms with Crippen LogP contribution in [0.1, 0.15) is 25.5 Å². The number of methoxy groups -OCH3 is 1. The maximum atomic E-state index is 13.6. The predicted octanol–water partition coefficient (Wildman–Crippen LogP) is 6.31. The van der Waals surface area contributed by atoms with Crippen molar-refractivity contribution < 1.29 is 19.1 Å². The summed E-state index contributed by atoms with van der Waals surface area (Å²) in [6.07, 6.45) is 1.84. The molecular weight excluding hydrogens is 516 g/mol. The number of hydrogen-bond acceptors (Lipinski definition) is 5. The van der Waals surface area contributed by atoms with Gasteiger partial charge in [0.2, 0.25) is 0 Å². The van der Waals surface area contributed by atoms with Gasteiger partial charge in [0, 0.05) is 28.0 Å². The van der Waals surface area contributed by atoms with Gasteiger partial charge in [0.25, 0.3) is 0 Å². The van der Waals surface area contributed by atoms with Gasteiger partial charge >= 0.3 is 12.0 Å². The second-order valence-electron chi connectivity index (χ2n) is 8.86. The molecule has 0 aliphatic carbocycles. The van der Waals surface area contributed by atoms with Gasteiger partial charge in [-0.05, 0) is 74.5 Å². The molecule has 9 heteroatoms. The Bertz CT molecular complexity index is 1530.